The van der Waals surface area contributed by atoms with Crippen LogP contribution in [-0.4, -0.2) is 39.5 Å². The molecule has 2 aromatic rings. The van der Waals surface area contributed by atoms with Crippen LogP contribution in [-0.2, 0) is 11.8 Å². The molecule has 5 nitrogen and oxygen atoms in total. The molecule has 1 N–H and O–H groups in total. The highest BCUT2D eigenvalue weighted by atomic mass is 19.1. The van der Waals surface area contributed by atoms with Gasteiger partial charge in [0.05, 0.1) is 5.41 Å². The molecule has 1 aromatic carbocycles. The van der Waals surface area contributed by atoms with E-state index in [1.807, 2.05) is 6.07 Å². The van der Waals surface area contributed by atoms with Crippen LogP contribution in [0.2, 0.25) is 0 Å². The number of amides is 1. The number of carbonyl (C=O) groups excluding carboxylic acids is 1. The Kier molecular flexibility index (Phi) is 3.91. The third-order valence-corrected chi connectivity index (χ3v) is 4.76. The minimum absolute atomic E-state index is 0.184. The first kappa shape index (κ1) is 16.2. The lowest BCUT2D eigenvalue weighted by atomic mass is 9.90. The zero-order valence-corrected chi connectivity index (χ0v) is 13.6. The summed E-state index contributed by atoms with van der Waals surface area (Å²) in [7, 11) is 1.78. The lowest BCUT2D eigenvalue weighted by molar-refractivity contribution is -0.147. The van der Waals surface area contributed by atoms with Crippen molar-refractivity contribution < 1.29 is 19.1 Å². The highest BCUT2D eigenvalue weighted by Gasteiger charge is 2.42. The molecule has 1 aliphatic heterocycles. The number of hydrogen-bond acceptors (Lipinski definition) is 2. The van der Waals surface area contributed by atoms with Crippen LogP contribution in [0.25, 0.3) is 11.3 Å². The van der Waals surface area contributed by atoms with Crippen LogP contribution >= 0.6 is 0 Å². The SMILES string of the molecule is Cn1c(C(=O)N2CCC(C)(C(=O)O)C2)ccc1-c1ccc(F)cc1. The fourth-order valence-electron chi connectivity index (χ4n) is 3.11. The summed E-state index contributed by atoms with van der Waals surface area (Å²) in [5.41, 5.74) is 1.22. The number of rotatable bonds is 3. The molecule has 1 saturated heterocycles. The average molecular weight is 330 g/mol. The monoisotopic (exact) mass is 330 g/mol. The van der Waals surface area contributed by atoms with Gasteiger partial charge in [-0.1, -0.05) is 0 Å². The Bertz CT molecular complexity index is 797. The number of nitrogens with zero attached hydrogens (tertiary/aromatic N) is 2. The first-order chi connectivity index (χ1) is 11.3. The van der Waals surface area contributed by atoms with Gasteiger partial charge in [0, 0.05) is 25.8 Å². The van der Waals surface area contributed by atoms with Crippen LogP contribution in [0.15, 0.2) is 36.4 Å². The molecule has 1 amide bonds. The van der Waals surface area contributed by atoms with Crippen molar-refractivity contribution in [2.24, 2.45) is 12.5 Å². The van der Waals surface area contributed by atoms with Gasteiger partial charge >= 0.3 is 5.97 Å². The van der Waals surface area contributed by atoms with Gasteiger partial charge in [0.1, 0.15) is 11.5 Å². The van der Waals surface area contributed by atoms with Gasteiger partial charge in [-0.05, 0) is 55.3 Å². The lowest BCUT2D eigenvalue weighted by Gasteiger charge is -2.20. The van der Waals surface area contributed by atoms with Gasteiger partial charge in [-0.15, -0.1) is 0 Å². The molecule has 126 valence electrons. The summed E-state index contributed by atoms with van der Waals surface area (Å²) in [6.45, 7) is 2.30. The molecule has 24 heavy (non-hydrogen) atoms. The summed E-state index contributed by atoms with van der Waals surface area (Å²) in [4.78, 5) is 25.6. The fraction of sp³-hybridized carbons (Fsp3) is 0.333. The van der Waals surface area contributed by atoms with Crippen LogP contribution in [0, 0.1) is 11.2 Å². The molecule has 3 rings (SSSR count). The molecule has 1 aliphatic rings. The number of benzene rings is 1. The first-order valence-corrected chi connectivity index (χ1v) is 7.76. The number of aliphatic carboxylic acids is 1. The van der Waals surface area contributed by atoms with Crippen molar-refractivity contribution in [1.82, 2.24) is 9.47 Å². The molecule has 1 unspecified atom stereocenters. The summed E-state index contributed by atoms with van der Waals surface area (Å²) >= 11 is 0. The maximum absolute atomic E-state index is 13.1. The zero-order valence-electron chi connectivity index (χ0n) is 13.6. The molecule has 0 spiro atoms. The lowest BCUT2D eigenvalue weighted by Crippen LogP contribution is -2.35. The maximum atomic E-state index is 13.1. The summed E-state index contributed by atoms with van der Waals surface area (Å²) in [6, 6.07) is 9.61. The van der Waals surface area contributed by atoms with Crippen molar-refractivity contribution in [3.63, 3.8) is 0 Å². The summed E-state index contributed by atoms with van der Waals surface area (Å²) < 4.78 is 14.8. The van der Waals surface area contributed by atoms with Crippen LogP contribution in [0.1, 0.15) is 23.8 Å². The molecule has 2 heterocycles. The van der Waals surface area contributed by atoms with Crippen LogP contribution in [0.3, 0.4) is 0 Å². The third-order valence-electron chi connectivity index (χ3n) is 4.76. The van der Waals surface area contributed by atoms with Crippen molar-refractivity contribution >= 4 is 11.9 Å². The molecule has 0 radical (unpaired) electrons. The molecule has 0 aliphatic carbocycles. The highest BCUT2D eigenvalue weighted by Crippen LogP contribution is 2.31. The van der Waals surface area contributed by atoms with Gasteiger partial charge in [0.15, 0.2) is 0 Å². The maximum Gasteiger partial charge on any atom is 0.311 e. The van der Waals surface area contributed by atoms with Gasteiger partial charge in [-0.25, -0.2) is 4.39 Å². The third kappa shape index (κ3) is 2.68. The second-order valence-electron chi connectivity index (χ2n) is 6.51. The van der Waals surface area contributed by atoms with Crippen molar-refractivity contribution in [2.45, 2.75) is 13.3 Å². The second-order valence-corrected chi connectivity index (χ2v) is 6.51. The largest absolute Gasteiger partial charge is 0.481 e. The van der Waals surface area contributed by atoms with Gasteiger partial charge in [0.25, 0.3) is 5.91 Å². The highest BCUT2D eigenvalue weighted by molar-refractivity contribution is 5.94. The van der Waals surface area contributed by atoms with Crippen LogP contribution in [0.4, 0.5) is 4.39 Å². The number of halogens is 1. The first-order valence-electron chi connectivity index (χ1n) is 7.76. The summed E-state index contributed by atoms with van der Waals surface area (Å²) in [5, 5.41) is 9.30. The molecule has 0 saturated carbocycles. The van der Waals surface area contributed by atoms with Crippen molar-refractivity contribution in [2.75, 3.05) is 13.1 Å². The molecule has 1 aromatic heterocycles. The predicted molar refractivity (Wildman–Crippen MR) is 87.1 cm³/mol. The summed E-state index contributed by atoms with van der Waals surface area (Å²) in [6.07, 6.45) is 0.448. The molecule has 6 heteroatoms. The molecular weight excluding hydrogens is 311 g/mol. The van der Waals surface area contributed by atoms with E-state index in [0.29, 0.717) is 18.7 Å². The second kappa shape index (κ2) is 5.78. The summed E-state index contributed by atoms with van der Waals surface area (Å²) in [5.74, 6) is -1.37. The topological polar surface area (TPSA) is 62.5 Å². The van der Waals surface area contributed by atoms with E-state index in [-0.39, 0.29) is 18.3 Å². The van der Waals surface area contributed by atoms with Gasteiger partial charge in [0.2, 0.25) is 0 Å². The Morgan fingerprint density at radius 3 is 2.42 bits per heavy atom. The smallest absolute Gasteiger partial charge is 0.311 e. The number of carboxylic acid groups (broad SMARTS) is 1. The van der Waals surface area contributed by atoms with Crippen molar-refractivity contribution in [3.05, 3.63) is 47.9 Å². The van der Waals surface area contributed by atoms with E-state index in [1.54, 1.807) is 41.6 Å². The quantitative estimate of drug-likeness (QED) is 0.941. The van der Waals surface area contributed by atoms with E-state index < -0.39 is 11.4 Å². The van der Waals surface area contributed by atoms with E-state index in [0.717, 1.165) is 11.3 Å². The van der Waals surface area contributed by atoms with Crippen LogP contribution in [0.5, 0.6) is 0 Å². The van der Waals surface area contributed by atoms with Crippen molar-refractivity contribution in [3.8, 4) is 11.3 Å². The number of aromatic nitrogens is 1. The van der Waals surface area contributed by atoms with E-state index in [1.165, 1.54) is 12.1 Å². The molecular formula is C18H19FN2O3. The Hall–Kier alpha value is -2.63. The fourth-order valence-corrected chi connectivity index (χ4v) is 3.11. The number of hydrogen-bond donors (Lipinski definition) is 1. The standard InChI is InChI=1S/C18H19FN2O3/c1-18(17(23)24)9-10-21(11-18)16(22)15-8-7-14(20(15)2)12-3-5-13(19)6-4-12/h3-8H,9-11H2,1-2H3,(H,23,24). The predicted octanol–water partition coefficient (Wildman–Crippen LogP) is 2.77. The Balaban J connectivity index is 1.85. The zero-order chi connectivity index (χ0) is 17.5. The number of carboxylic acids is 1. The Morgan fingerprint density at radius 2 is 1.83 bits per heavy atom. The van der Waals surface area contributed by atoms with Gasteiger partial charge < -0.3 is 14.6 Å². The molecule has 0 bridgehead atoms. The molecule has 1 atom stereocenters. The van der Waals surface area contributed by atoms with E-state index >= 15 is 0 Å². The average Bonchev–Trinajstić information content (AvgIpc) is 3.12. The molecule has 1 fully saturated rings. The van der Waals surface area contributed by atoms with Gasteiger partial charge in [-0.2, -0.15) is 0 Å². The van der Waals surface area contributed by atoms with Gasteiger partial charge in [-0.3, -0.25) is 9.59 Å². The number of likely N-dealkylation sites (tertiary alicyclic amines) is 1. The van der Waals surface area contributed by atoms with E-state index in [2.05, 4.69) is 0 Å². The normalized spacial score (nSPS) is 20.4. The van der Waals surface area contributed by atoms with Crippen LogP contribution < -0.4 is 0 Å². The van der Waals surface area contributed by atoms with E-state index in [4.69, 9.17) is 0 Å². The number of carbonyl (C=O) groups is 2. The Morgan fingerprint density at radius 1 is 1.17 bits per heavy atom. The van der Waals surface area contributed by atoms with Crippen molar-refractivity contribution in [1.29, 1.82) is 0 Å². The Labute approximate surface area is 139 Å². The van der Waals surface area contributed by atoms with E-state index in [9.17, 15) is 19.1 Å². The minimum atomic E-state index is -0.888. The minimum Gasteiger partial charge on any atom is -0.481 e.